The lowest BCUT2D eigenvalue weighted by molar-refractivity contribution is 0.0944. The van der Waals surface area contributed by atoms with Crippen molar-refractivity contribution >= 4 is 32.1 Å². The van der Waals surface area contributed by atoms with E-state index in [1.165, 1.54) is 24.3 Å². The maximum Gasteiger partial charge on any atom is 0.294 e. The van der Waals surface area contributed by atoms with Gasteiger partial charge in [0.1, 0.15) is 0 Å². The Kier molecular flexibility index (Phi) is 9.68. The van der Waals surface area contributed by atoms with E-state index in [0.29, 0.717) is 53.2 Å². The van der Waals surface area contributed by atoms with Crippen LogP contribution in [-0.2, 0) is 46.2 Å². The number of rotatable bonds is 12. The highest BCUT2D eigenvalue weighted by Crippen LogP contribution is 2.41. The molecule has 0 radical (unpaired) electrons. The molecule has 0 spiro atoms. The fourth-order valence-corrected chi connectivity index (χ4v) is 8.58. The molecule has 0 fully saturated rings. The summed E-state index contributed by atoms with van der Waals surface area (Å²) in [5.74, 6) is -0.838. The summed E-state index contributed by atoms with van der Waals surface area (Å²) in [5.41, 5.74) is 10.0. The van der Waals surface area contributed by atoms with Crippen LogP contribution in [0.15, 0.2) is 94.7 Å². The second-order valence-electron chi connectivity index (χ2n) is 14.4. The second-order valence-corrected chi connectivity index (χ2v) is 17.3. The third-order valence-corrected chi connectivity index (χ3v) is 12.1. The molecule has 14 nitrogen and oxygen atoms in total. The summed E-state index contributed by atoms with van der Waals surface area (Å²) < 4.78 is 70.3. The first kappa shape index (κ1) is 38.0. The van der Waals surface area contributed by atoms with Crippen molar-refractivity contribution in [1.82, 2.24) is 30.2 Å². The minimum atomic E-state index is -4.43. The van der Waals surface area contributed by atoms with E-state index < -0.39 is 32.1 Å². The number of nitrogens with one attached hydrogen (secondary N) is 2. The molecule has 0 saturated carbocycles. The highest BCUT2D eigenvalue weighted by molar-refractivity contribution is 7.86. The number of nitrogens with zero attached hydrogens (tertiary/aromatic N) is 4. The standard InChI is InChI=1S/C41H38N6O8S2/c1-24-4-8-26(9-5-24)22-46-38-32-14-12-30(56(50,51)52)18-28(32)20-34(38)36(44-46)40(48)42-16-3-17-43-41(49)37-35-21-29-19-31(57(53,54)55)13-15-33(29)39(35)47(45-37)23-27-10-6-25(2)7-11-27/h4-15,18-19H,3,16-17,20-23H2,1-2H3,(H,42,48)(H,43,49)(H,50,51,52)(H,53,54,55). The summed E-state index contributed by atoms with van der Waals surface area (Å²) in [6.07, 6.45) is 0.886. The monoisotopic (exact) mass is 806 g/mol. The van der Waals surface area contributed by atoms with Gasteiger partial charge in [-0.05, 0) is 66.8 Å². The molecule has 0 aliphatic heterocycles. The van der Waals surface area contributed by atoms with E-state index in [4.69, 9.17) is 10.2 Å². The van der Waals surface area contributed by atoms with Gasteiger partial charge in [-0.2, -0.15) is 27.0 Å². The van der Waals surface area contributed by atoms with E-state index in [-0.39, 0.29) is 47.1 Å². The lowest BCUT2D eigenvalue weighted by atomic mass is 10.1. The molecular weight excluding hydrogens is 769 g/mol. The number of carbonyl (C=O) groups is 2. The summed E-state index contributed by atoms with van der Waals surface area (Å²) in [5, 5.41) is 15.2. The molecule has 4 aromatic carbocycles. The molecule has 57 heavy (non-hydrogen) atoms. The zero-order valence-electron chi connectivity index (χ0n) is 31.0. The van der Waals surface area contributed by atoms with Gasteiger partial charge < -0.3 is 10.6 Å². The fraction of sp³-hybridized carbons (Fsp3) is 0.220. The predicted octanol–water partition coefficient (Wildman–Crippen LogP) is 4.98. The Balaban J connectivity index is 0.966. The SMILES string of the molecule is Cc1ccc(Cn2nc(C(=O)NCCCNC(=O)c3nn(Cc4ccc(C)cc4)c4c3Cc3cc(S(=O)(=O)O)ccc3-4)c3c2-c2ccc(S(=O)(=O)O)cc2C3)cc1. The molecule has 2 aliphatic rings. The Morgan fingerprint density at radius 1 is 0.614 bits per heavy atom. The van der Waals surface area contributed by atoms with Crippen LogP contribution in [-0.4, -0.2) is 70.4 Å². The molecule has 2 heterocycles. The number of aryl methyl sites for hydroxylation is 2. The van der Waals surface area contributed by atoms with E-state index in [1.807, 2.05) is 62.4 Å². The van der Waals surface area contributed by atoms with Gasteiger partial charge in [0.15, 0.2) is 11.4 Å². The average Bonchev–Trinajstić information content (AvgIpc) is 3.91. The number of aromatic nitrogens is 4. The molecule has 2 amide bonds. The number of hydrogen-bond acceptors (Lipinski definition) is 8. The topological polar surface area (TPSA) is 203 Å². The molecule has 0 unspecified atom stereocenters. The van der Waals surface area contributed by atoms with E-state index in [9.17, 15) is 35.5 Å². The quantitative estimate of drug-likeness (QED) is 0.0964. The minimum absolute atomic E-state index is 0.206. The maximum absolute atomic E-state index is 13.6. The molecule has 2 aliphatic carbocycles. The van der Waals surface area contributed by atoms with Crippen LogP contribution < -0.4 is 10.6 Å². The van der Waals surface area contributed by atoms with Gasteiger partial charge >= 0.3 is 0 Å². The van der Waals surface area contributed by atoms with E-state index in [1.54, 1.807) is 21.5 Å². The number of hydrogen-bond donors (Lipinski definition) is 4. The maximum atomic E-state index is 13.6. The van der Waals surface area contributed by atoms with E-state index >= 15 is 0 Å². The molecular formula is C41H38N6O8S2. The van der Waals surface area contributed by atoms with Crippen LogP contribution in [0.5, 0.6) is 0 Å². The van der Waals surface area contributed by atoms with Gasteiger partial charge in [0.25, 0.3) is 32.1 Å². The first-order valence-corrected chi connectivity index (χ1v) is 21.1. The molecule has 6 aromatic rings. The third-order valence-electron chi connectivity index (χ3n) is 10.4. The van der Waals surface area contributed by atoms with Gasteiger partial charge in [0, 0.05) is 48.2 Å². The van der Waals surface area contributed by atoms with Crippen molar-refractivity contribution in [2.24, 2.45) is 0 Å². The molecule has 0 atom stereocenters. The van der Waals surface area contributed by atoms with Crippen LogP contribution in [0, 0.1) is 13.8 Å². The van der Waals surface area contributed by atoms with Crippen LogP contribution in [0.25, 0.3) is 22.5 Å². The predicted molar refractivity (Wildman–Crippen MR) is 210 cm³/mol. The largest absolute Gasteiger partial charge is 0.351 e. The molecule has 2 aromatic heterocycles. The summed E-state index contributed by atoms with van der Waals surface area (Å²) >= 11 is 0. The summed E-state index contributed by atoms with van der Waals surface area (Å²) in [4.78, 5) is 26.8. The van der Waals surface area contributed by atoms with Crippen molar-refractivity contribution < 1.29 is 35.5 Å². The van der Waals surface area contributed by atoms with Crippen LogP contribution in [0.1, 0.15) is 71.9 Å². The van der Waals surface area contributed by atoms with Crippen molar-refractivity contribution in [3.05, 3.63) is 141 Å². The molecule has 292 valence electrons. The third kappa shape index (κ3) is 7.51. The summed E-state index contributed by atoms with van der Waals surface area (Å²) in [7, 11) is -8.85. The summed E-state index contributed by atoms with van der Waals surface area (Å²) in [6.45, 7) is 5.15. The van der Waals surface area contributed by atoms with Crippen molar-refractivity contribution in [3.63, 3.8) is 0 Å². The molecule has 8 rings (SSSR count). The number of fused-ring (bicyclic) bond motifs is 6. The lowest BCUT2D eigenvalue weighted by Crippen LogP contribution is -2.31. The smallest absolute Gasteiger partial charge is 0.294 e. The molecule has 0 saturated heterocycles. The Hall–Kier alpha value is -5.94. The van der Waals surface area contributed by atoms with Crippen molar-refractivity contribution in [2.75, 3.05) is 13.1 Å². The number of carbonyl (C=O) groups excluding carboxylic acids is 2. The molecule has 16 heteroatoms. The normalized spacial score (nSPS) is 12.8. The highest BCUT2D eigenvalue weighted by Gasteiger charge is 2.33. The van der Waals surface area contributed by atoms with Crippen molar-refractivity contribution in [3.8, 4) is 22.5 Å². The van der Waals surface area contributed by atoms with Gasteiger partial charge in [-0.15, -0.1) is 0 Å². The van der Waals surface area contributed by atoms with Crippen LogP contribution in [0.3, 0.4) is 0 Å². The summed E-state index contributed by atoms with van der Waals surface area (Å²) in [6, 6.07) is 24.6. The Bertz CT molecular complexity index is 2630. The van der Waals surface area contributed by atoms with Crippen molar-refractivity contribution in [2.45, 2.75) is 56.0 Å². The zero-order chi connectivity index (χ0) is 40.2. The average molecular weight is 807 g/mol. The second kappa shape index (κ2) is 14.5. The van der Waals surface area contributed by atoms with Crippen LogP contribution >= 0.6 is 0 Å². The van der Waals surface area contributed by atoms with Crippen LogP contribution in [0.4, 0.5) is 0 Å². The van der Waals surface area contributed by atoms with Gasteiger partial charge in [-0.25, -0.2) is 0 Å². The van der Waals surface area contributed by atoms with Gasteiger partial charge in [-0.3, -0.25) is 28.1 Å². The number of amides is 2. The highest BCUT2D eigenvalue weighted by atomic mass is 32.2. The van der Waals surface area contributed by atoms with Gasteiger partial charge in [-0.1, -0.05) is 71.8 Å². The minimum Gasteiger partial charge on any atom is -0.351 e. The first-order valence-electron chi connectivity index (χ1n) is 18.2. The van der Waals surface area contributed by atoms with Crippen molar-refractivity contribution in [1.29, 1.82) is 0 Å². The Labute approximate surface area is 329 Å². The fourth-order valence-electron chi connectivity index (χ4n) is 7.52. The Morgan fingerprint density at radius 2 is 1.00 bits per heavy atom. The first-order chi connectivity index (χ1) is 27.1. The van der Waals surface area contributed by atoms with Gasteiger partial charge in [0.05, 0.1) is 34.3 Å². The Morgan fingerprint density at radius 3 is 1.37 bits per heavy atom. The molecule has 0 bridgehead atoms. The van der Waals surface area contributed by atoms with E-state index in [0.717, 1.165) is 33.4 Å². The molecule has 4 N–H and O–H groups in total. The van der Waals surface area contributed by atoms with Gasteiger partial charge in [0.2, 0.25) is 0 Å². The van der Waals surface area contributed by atoms with E-state index in [2.05, 4.69) is 10.6 Å². The zero-order valence-corrected chi connectivity index (χ0v) is 32.6. The number of benzene rings is 4. The lowest BCUT2D eigenvalue weighted by Gasteiger charge is -2.09. The van der Waals surface area contributed by atoms with Crippen LogP contribution in [0.2, 0.25) is 0 Å².